The van der Waals surface area contributed by atoms with Crippen molar-refractivity contribution in [1.82, 2.24) is 14.7 Å². The maximum Gasteiger partial charge on any atom is 0.333 e. The number of fused-ring (bicyclic) bond motifs is 1. The van der Waals surface area contributed by atoms with E-state index in [0.717, 1.165) is 51.5 Å². The maximum atomic E-state index is 12.9. The van der Waals surface area contributed by atoms with Gasteiger partial charge in [-0.15, -0.1) is 0 Å². The molecule has 8 heteroatoms. The Morgan fingerprint density at radius 1 is 1.07 bits per heavy atom. The van der Waals surface area contributed by atoms with Crippen LogP contribution in [0.5, 0.6) is 0 Å². The Labute approximate surface area is 161 Å². The highest BCUT2D eigenvalue weighted by atomic mass is 16.5. The average Bonchev–Trinajstić information content (AvgIpc) is 3.03. The molecule has 3 heterocycles. The molecule has 0 aromatic heterocycles. The first-order valence-corrected chi connectivity index (χ1v) is 10.1. The SMILES string of the molecule is CCCCCCC[N+]1=C(CN2CCOCC2)N=C2C1C(=O)N(C)C(=O)N2C. The van der Waals surface area contributed by atoms with E-state index in [-0.39, 0.29) is 11.9 Å². The van der Waals surface area contributed by atoms with E-state index in [4.69, 9.17) is 9.73 Å². The summed E-state index contributed by atoms with van der Waals surface area (Å²) in [6, 6.07) is -0.787. The van der Waals surface area contributed by atoms with Crippen molar-refractivity contribution in [3.8, 4) is 0 Å². The summed E-state index contributed by atoms with van der Waals surface area (Å²) in [6.45, 7) is 6.88. The Hall–Kier alpha value is -1.80. The van der Waals surface area contributed by atoms with Gasteiger partial charge in [-0.25, -0.2) is 9.37 Å². The van der Waals surface area contributed by atoms with Gasteiger partial charge in [-0.1, -0.05) is 26.2 Å². The molecule has 3 rings (SSSR count). The lowest BCUT2D eigenvalue weighted by Gasteiger charge is -2.30. The molecule has 1 unspecified atom stereocenters. The van der Waals surface area contributed by atoms with Crippen molar-refractivity contribution >= 4 is 23.6 Å². The lowest BCUT2D eigenvalue weighted by Crippen LogP contribution is -2.61. The van der Waals surface area contributed by atoms with E-state index >= 15 is 0 Å². The zero-order chi connectivity index (χ0) is 19.4. The number of aliphatic imine (C=N–C) groups is 1. The standard InChI is InChI=1S/C19H32N5O3/c1-4-5-6-7-8-9-24-15(14-23-10-12-27-13-11-23)20-17-16(24)18(25)22(3)19(26)21(17)2/h16H,4-14H2,1-3H3/q+1. The minimum Gasteiger partial charge on any atom is -0.379 e. The summed E-state index contributed by atoms with van der Waals surface area (Å²) in [5.74, 6) is 1.29. The summed E-state index contributed by atoms with van der Waals surface area (Å²) >= 11 is 0. The summed E-state index contributed by atoms with van der Waals surface area (Å²) < 4.78 is 7.56. The number of carbonyl (C=O) groups excluding carboxylic acids is 2. The van der Waals surface area contributed by atoms with E-state index in [1.165, 1.54) is 29.1 Å². The Bertz CT molecular complexity index is 639. The van der Waals surface area contributed by atoms with Gasteiger partial charge in [-0.3, -0.25) is 19.5 Å². The summed E-state index contributed by atoms with van der Waals surface area (Å²) in [5, 5.41) is 0. The fourth-order valence-electron chi connectivity index (χ4n) is 3.88. The zero-order valence-corrected chi connectivity index (χ0v) is 16.8. The molecule has 2 fully saturated rings. The second-order valence-electron chi connectivity index (χ2n) is 7.52. The van der Waals surface area contributed by atoms with Crippen LogP contribution in [0, 0.1) is 0 Å². The van der Waals surface area contributed by atoms with E-state index < -0.39 is 6.04 Å². The topological polar surface area (TPSA) is 68.5 Å². The molecular weight excluding hydrogens is 346 g/mol. The van der Waals surface area contributed by atoms with Crippen molar-refractivity contribution in [3.05, 3.63) is 0 Å². The van der Waals surface area contributed by atoms with Gasteiger partial charge in [0.1, 0.15) is 6.54 Å². The van der Waals surface area contributed by atoms with Gasteiger partial charge in [0.05, 0.1) is 19.8 Å². The molecule has 0 aromatic carbocycles. The molecule has 0 N–H and O–H groups in total. The van der Waals surface area contributed by atoms with Crippen molar-refractivity contribution < 1.29 is 18.9 Å². The first-order chi connectivity index (χ1) is 13.0. The minimum atomic E-state index is -0.472. The number of morpholine rings is 1. The van der Waals surface area contributed by atoms with Gasteiger partial charge >= 0.3 is 11.9 Å². The highest BCUT2D eigenvalue weighted by molar-refractivity contribution is 6.23. The third kappa shape index (κ3) is 4.21. The summed E-state index contributed by atoms with van der Waals surface area (Å²) in [5.41, 5.74) is 0. The first kappa shape index (κ1) is 19.9. The van der Waals surface area contributed by atoms with Gasteiger partial charge in [-0.05, 0) is 17.8 Å². The highest BCUT2D eigenvalue weighted by Crippen LogP contribution is 2.20. The quantitative estimate of drug-likeness (QED) is 0.467. The molecule has 0 aromatic rings. The number of hydrogen-bond donors (Lipinski definition) is 0. The third-order valence-corrected chi connectivity index (χ3v) is 5.58. The number of amidine groups is 2. The zero-order valence-electron chi connectivity index (χ0n) is 16.8. The largest absolute Gasteiger partial charge is 0.379 e. The van der Waals surface area contributed by atoms with Crippen LogP contribution in [0.2, 0.25) is 0 Å². The van der Waals surface area contributed by atoms with Gasteiger partial charge in [0.25, 0.3) is 17.8 Å². The van der Waals surface area contributed by atoms with Crippen LogP contribution in [0.3, 0.4) is 0 Å². The molecule has 0 bridgehead atoms. The molecule has 8 nitrogen and oxygen atoms in total. The van der Waals surface area contributed by atoms with Crippen molar-refractivity contribution in [1.29, 1.82) is 0 Å². The third-order valence-electron chi connectivity index (χ3n) is 5.58. The number of nitrogens with zero attached hydrogens (tertiary/aromatic N) is 5. The lowest BCUT2D eigenvalue weighted by molar-refractivity contribution is -0.537. The minimum absolute atomic E-state index is 0.178. The number of ether oxygens (including phenoxy) is 1. The van der Waals surface area contributed by atoms with Crippen LogP contribution in [0.15, 0.2) is 4.99 Å². The molecule has 0 radical (unpaired) electrons. The van der Waals surface area contributed by atoms with Crippen molar-refractivity contribution in [2.75, 3.05) is 53.5 Å². The average molecular weight is 378 g/mol. The van der Waals surface area contributed by atoms with Gasteiger partial charge < -0.3 is 4.74 Å². The Morgan fingerprint density at radius 2 is 1.78 bits per heavy atom. The molecule has 2 saturated heterocycles. The number of likely N-dealkylation sites (N-methyl/N-ethyl adjacent to an activating group) is 2. The molecule has 3 amide bonds. The second kappa shape index (κ2) is 8.93. The molecule has 0 aliphatic carbocycles. The van der Waals surface area contributed by atoms with Crippen LogP contribution in [-0.2, 0) is 9.53 Å². The number of carbonyl (C=O) groups is 2. The van der Waals surface area contributed by atoms with Crippen LogP contribution in [0.1, 0.15) is 39.0 Å². The molecule has 1 atom stereocenters. The Morgan fingerprint density at radius 3 is 2.48 bits per heavy atom. The van der Waals surface area contributed by atoms with E-state index in [1.54, 1.807) is 14.1 Å². The number of unbranched alkanes of at least 4 members (excludes halogenated alkanes) is 4. The van der Waals surface area contributed by atoms with Crippen LogP contribution in [0.25, 0.3) is 0 Å². The van der Waals surface area contributed by atoms with Crippen molar-refractivity contribution in [2.45, 2.75) is 45.1 Å². The Kier molecular flexibility index (Phi) is 6.59. The van der Waals surface area contributed by atoms with Crippen molar-refractivity contribution in [2.24, 2.45) is 4.99 Å². The predicted octanol–water partition coefficient (Wildman–Crippen LogP) is 1.00. The van der Waals surface area contributed by atoms with E-state index in [1.807, 2.05) is 0 Å². The van der Waals surface area contributed by atoms with E-state index in [2.05, 4.69) is 16.4 Å². The van der Waals surface area contributed by atoms with Crippen LogP contribution < -0.4 is 0 Å². The van der Waals surface area contributed by atoms with Crippen molar-refractivity contribution in [3.63, 3.8) is 0 Å². The summed E-state index contributed by atoms with van der Waals surface area (Å²) in [7, 11) is 3.26. The molecule has 27 heavy (non-hydrogen) atoms. The first-order valence-electron chi connectivity index (χ1n) is 10.1. The van der Waals surface area contributed by atoms with Crippen LogP contribution >= 0.6 is 0 Å². The smallest absolute Gasteiger partial charge is 0.333 e. The fourth-order valence-corrected chi connectivity index (χ4v) is 3.88. The van der Waals surface area contributed by atoms with E-state index in [0.29, 0.717) is 12.4 Å². The fraction of sp³-hybridized carbons (Fsp3) is 0.789. The van der Waals surface area contributed by atoms with Gasteiger partial charge in [0.15, 0.2) is 0 Å². The molecule has 0 saturated carbocycles. The van der Waals surface area contributed by atoms with Gasteiger partial charge in [0, 0.05) is 27.2 Å². The predicted molar refractivity (Wildman–Crippen MR) is 103 cm³/mol. The summed E-state index contributed by atoms with van der Waals surface area (Å²) in [4.78, 5) is 35.0. The number of rotatable bonds is 8. The second-order valence-corrected chi connectivity index (χ2v) is 7.52. The van der Waals surface area contributed by atoms with Gasteiger partial charge in [-0.2, -0.15) is 0 Å². The molecule has 150 valence electrons. The van der Waals surface area contributed by atoms with Gasteiger partial charge in [0.2, 0.25) is 0 Å². The summed E-state index contributed by atoms with van der Waals surface area (Å²) in [6.07, 6.45) is 5.85. The number of amides is 3. The number of urea groups is 1. The highest BCUT2D eigenvalue weighted by Gasteiger charge is 2.52. The monoisotopic (exact) mass is 378 g/mol. The normalized spacial score (nSPS) is 24.0. The lowest BCUT2D eigenvalue weighted by atomic mass is 10.1. The van der Waals surface area contributed by atoms with E-state index in [9.17, 15) is 9.59 Å². The van der Waals surface area contributed by atoms with Crippen LogP contribution in [-0.4, -0.2) is 102 Å². The maximum absolute atomic E-state index is 12.9. The molecule has 3 aliphatic heterocycles. The van der Waals surface area contributed by atoms with Crippen LogP contribution in [0.4, 0.5) is 4.79 Å². The molecular formula is C19H32N5O3+. The molecule has 0 spiro atoms. The Balaban J connectivity index is 1.79. The number of hydrogen-bond acceptors (Lipinski definition) is 5. The number of imide groups is 1. The molecule has 3 aliphatic rings.